The molecule has 0 nitrogen and oxygen atoms in total. The molecule has 0 aromatic heterocycles. The molecule has 0 saturated heterocycles. The fourth-order valence-corrected chi connectivity index (χ4v) is 1.04. The average molecular weight is 167 g/mol. The fraction of sp³-hybridized carbons (Fsp3) is 0.455. The van der Waals surface area contributed by atoms with Crippen LogP contribution in [0.1, 0.15) is 27.7 Å². The van der Waals surface area contributed by atoms with Gasteiger partial charge in [0.1, 0.15) is 5.67 Å². The summed E-state index contributed by atoms with van der Waals surface area (Å²) in [6.07, 6.45) is 0. The molecule has 0 heterocycles. The van der Waals surface area contributed by atoms with Crippen LogP contribution in [0.25, 0.3) is 0 Å². The molecule has 0 fully saturated rings. The minimum absolute atomic E-state index is 0.565. The van der Waals surface area contributed by atoms with E-state index in [9.17, 15) is 4.39 Å². The van der Waals surface area contributed by atoms with Crippen LogP contribution in [0.3, 0.4) is 0 Å². The number of halogens is 1. The highest BCUT2D eigenvalue weighted by molar-refractivity contribution is 5.21. The first kappa shape index (κ1) is 7.78. The highest BCUT2D eigenvalue weighted by Crippen LogP contribution is 2.32. The molecule has 1 aromatic rings. The molecule has 1 aromatic carbocycles. The van der Waals surface area contributed by atoms with Crippen LogP contribution in [-0.2, 0) is 5.67 Å². The maximum Gasteiger partial charge on any atom is 0.135 e. The maximum atomic E-state index is 14.1. The molecule has 0 saturated carbocycles. The summed E-state index contributed by atoms with van der Waals surface area (Å²) in [5, 5.41) is 0. The molecule has 0 aliphatic rings. The standard InChI is InChI=1S/C11H15F/c1-9(2)11(3,12)10-7-5-4-6-8-10/h4-9H,1-3H3/t11-/m0/s1/i9D. The lowest BCUT2D eigenvalue weighted by Gasteiger charge is -2.24. The SMILES string of the molecule is [2H]C(C)(C)[C@](C)(F)c1ccccc1. The first-order valence-electron chi connectivity index (χ1n) is 4.60. The number of benzene rings is 1. The summed E-state index contributed by atoms with van der Waals surface area (Å²) in [5.74, 6) is -1.12. The zero-order valence-corrected chi connectivity index (χ0v) is 7.76. The number of hydrogen-bond acceptors (Lipinski definition) is 0. The zero-order valence-electron chi connectivity index (χ0n) is 8.76. The van der Waals surface area contributed by atoms with Gasteiger partial charge in [0, 0.05) is 1.37 Å². The van der Waals surface area contributed by atoms with E-state index in [0.29, 0.717) is 5.56 Å². The fourth-order valence-electron chi connectivity index (χ4n) is 1.04. The van der Waals surface area contributed by atoms with Gasteiger partial charge in [-0.3, -0.25) is 0 Å². The van der Waals surface area contributed by atoms with Crippen molar-refractivity contribution in [2.24, 2.45) is 5.89 Å². The van der Waals surface area contributed by atoms with Gasteiger partial charge in [-0.25, -0.2) is 4.39 Å². The molecule has 0 aliphatic heterocycles. The van der Waals surface area contributed by atoms with Crippen LogP contribution >= 0.6 is 0 Å². The van der Waals surface area contributed by atoms with Crippen molar-refractivity contribution >= 4 is 0 Å². The van der Waals surface area contributed by atoms with Crippen LogP contribution in [0.15, 0.2) is 30.3 Å². The molecule has 0 amide bonds. The smallest absolute Gasteiger partial charge is 0.135 e. The van der Waals surface area contributed by atoms with E-state index in [2.05, 4.69) is 0 Å². The Labute approximate surface area is 74.8 Å². The van der Waals surface area contributed by atoms with Crippen LogP contribution in [0.5, 0.6) is 0 Å². The summed E-state index contributed by atoms with van der Waals surface area (Å²) < 4.78 is 21.8. The topological polar surface area (TPSA) is 0 Å². The number of alkyl halides is 1. The van der Waals surface area contributed by atoms with E-state index in [1.165, 1.54) is 6.92 Å². The van der Waals surface area contributed by atoms with Crippen molar-refractivity contribution < 1.29 is 5.76 Å². The molecule has 0 unspecified atom stereocenters. The van der Waals surface area contributed by atoms with Crippen LogP contribution in [0.4, 0.5) is 4.39 Å². The molecule has 0 N–H and O–H groups in total. The van der Waals surface area contributed by atoms with Gasteiger partial charge in [-0.1, -0.05) is 44.2 Å². The highest BCUT2D eigenvalue weighted by atomic mass is 19.1. The Kier molecular flexibility index (Phi) is 2.11. The van der Waals surface area contributed by atoms with Crippen molar-refractivity contribution in [2.75, 3.05) is 0 Å². The second-order valence-electron chi connectivity index (χ2n) is 3.37. The Bertz CT molecular complexity index is 272. The van der Waals surface area contributed by atoms with E-state index >= 15 is 0 Å². The quantitative estimate of drug-likeness (QED) is 0.632. The van der Waals surface area contributed by atoms with Gasteiger partial charge in [-0.05, 0) is 18.4 Å². The molecule has 66 valence electrons. The first-order chi connectivity index (χ1) is 5.86. The van der Waals surface area contributed by atoms with Crippen molar-refractivity contribution in [3.05, 3.63) is 35.9 Å². The summed E-state index contributed by atoms with van der Waals surface area (Å²) in [6.45, 7) is 4.62. The van der Waals surface area contributed by atoms with E-state index in [-0.39, 0.29) is 0 Å². The van der Waals surface area contributed by atoms with E-state index in [4.69, 9.17) is 1.37 Å². The third-order valence-corrected chi connectivity index (χ3v) is 2.25. The number of rotatable bonds is 2. The van der Waals surface area contributed by atoms with Gasteiger partial charge in [-0.15, -0.1) is 0 Å². The second-order valence-corrected chi connectivity index (χ2v) is 3.37. The summed E-state index contributed by atoms with van der Waals surface area (Å²) in [6, 6.07) is 8.86. The third-order valence-electron chi connectivity index (χ3n) is 2.25. The average Bonchev–Trinajstić information content (AvgIpc) is 2.04. The van der Waals surface area contributed by atoms with Crippen LogP contribution in [-0.4, -0.2) is 0 Å². The molecule has 12 heavy (non-hydrogen) atoms. The summed E-state index contributed by atoms with van der Waals surface area (Å²) in [7, 11) is 0. The number of hydrogen-bond donors (Lipinski definition) is 0. The van der Waals surface area contributed by atoms with Gasteiger partial charge in [0.15, 0.2) is 0 Å². The van der Waals surface area contributed by atoms with Crippen molar-refractivity contribution in [3.8, 4) is 0 Å². The third kappa shape index (κ3) is 1.66. The first-order valence-corrected chi connectivity index (χ1v) is 4.10. The van der Waals surface area contributed by atoms with Gasteiger partial charge < -0.3 is 0 Å². The van der Waals surface area contributed by atoms with E-state index in [0.717, 1.165) is 0 Å². The molecule has 1 atom stereocenters. The molecule has 1 heteroatoms. The molecular weight excluding hydrogens is 151 g/mol. The lowest BCUT2D eigenvalue weighted by atomic mass is 9.87. The predicted octanol–water partition coefficient (Wildman–Crippen LogP) is 3.53. The predicted molar refractivity (Wildman–Crippen MR) is 49.7 cm³/mol. The van der Waals surface area contributed by atoms with Gasteiger partial charge >= 0.3 is 0 Å². The molecule has 0 radical (unpaired) electrons. The Morgan fingerprint density at radius 3 is 2.25 bits per heavy atom. The Balaban J connectivity index is 3.08. The minimum Gasteiger partial charge on any atom is -0.239 e. The lowest BCUT2D eigenvalue weighted by molar-refractivity contribution is 0.123. The highest BCUT2D eigenvalue weighted by Gasteiger charge is 2.29. The van der Waals surface area contributed by atoms with Crippen molar-refractivity contribution in [2.45, 2.75) is 26.4 Å². The van der Waals surface area contributed by atoms with E-state index in [1.807, 2.05) is 6.07 Å². The van der Waals surface area contributed by atoms with Crippen LogP contribution in [0.2, 0.25) is 0 Å². The van der Waals surface area contributed by atoms with Crippen molar-refractivity contribution in [1.82, 2.24) is 0 Å². The van der Waals surface area contributed by atoms with Crippen molar-refractivity contribution in [3.63, 3.8) is 0 Å². The van der Waals surface area contributed by atoms with Crippen molar-refractivity contribution in [1.29, 1.82) is 0 Å². The lowest BCUT2D eigenvalue weighted by Crippen LogP contribution is -2.22. The normalized spacial score (nSPS) is 18.2. The molecular formula is C11H15F. The second kappa shape index (κ2) is 3.26. The van der Waals surface area contributed by atoms with Gasteiger partial charge in [0.25, 0.3) is 0 Å². The molecule has 0 bridgehead atoms. The van der Waals surface area contributed by atoms with Crippen LogP contribution in [0, 0.1) is 5.89 Å². The zero-order chi connectivity index (χ0) is 10.1. The van der Waals surface area contributed by atoms with E-state index in [1.54, 1.807) is 38.1 Å². The summed E-state index contributed by atoms with van der Waals surface area (Å²) in [5.41, 5.74) is -1.04. The summed E-state index contributed by atoms with van der Waals surface area (Å²) >= 11 is 0. The molecule has 1 rings (SSSR count). The summed E-state index contributed by atoms with van der Waals surface area (Å²) in [4.78, 5) is 0. The maximum absolute atomic E-state index is 14.1. The Morgan fingerprint density at radius 1 is 1.33 bits per heavy atom. The Hall–Kier alpha value is -0.850. The monoisotopic (exact) mass is 167 g/mol. The minimum atomic E-state index is -1.60. The molecule has 0 aliphatic carbocycles. The van der Waals surface area contributed by atoms with Gasteiger partial charge in [-0.2, -0.15) is 0 Å². The van der Waals surface area contributed by atoms with E-state index < -0.39 is 11.6 Å². The largest absolute Gasteiger partial charge is 0.239 e. The van der Waals surface area contributed by atoms with Gasteiger partial charge in [0.05, 0.1) is 0 Å². The Morgan fingerprint density at radius 2 is 1.83 bits per heavy atom. The molecule has 0 spiro atoms. The van der Waals surface area contributed by atoms with Crippen LogP contribution < -0.4 is 0 Å². The van der Waals surface area contributed by atoms with Gasteiger partial charge in [0.2, 0.25) is 0 Å².